The molecule has 6 nitrogen and oxygen atoms in total. The van der Waals surface area contributed by atoms with Crippen LogP contribution in [0.3, 0.4) is 0 Å². The molecule has 0 saturated carbocycles. The molecule has 2 aliphatic rings. The average Bonchev–Trinajstić information content (AvgIpc) is 2.91. The fraction of sp³-hybridized carbons (Fsp3) is 0.944. The zero-order chi connectivity index (χ0) is 20.1. The smallest absolute Gasteiger partial charge is 0.285 e. The molecule has 0 aliphatic carbocycles. The van der Waals surface area contributed by atoms with Crippen molar-refractivity contribution in [2.24, 2.45) is 10.7 Å². The molecule has 0 radical (unpaired) electrons. The van der Waals surface area contributed by atoms with Crippen molar-refractivity contribution in [1.82, 2.24) is 0 Å². The molecule has 2 heterocycles. The highest BCUT2D eigenvalue weighted by atomic mass is 28.4. The Morgan fingerprint density at radius 2 is 1.54 bits per heavy atom. The second-order valence-electron chi connectivity index (χ2n) is 10.5. The zero-order valence-corrected chi connectivity index (χ0v) is 20.2. The fourth-order valence-corrected chi connectivity index (χ4v) is 4.87. The van der Waals surface area contributed by atoms with Gasteiger partial charge in [-0.3, -0.25) is 0 Å². The van der Waals surface area contributed by atoms with E-state index in [2.05, 4.69) is 72.7 Å². The maximum Gasteiger partial charge on any atom is 0.285 e. The first kappa shape index (κ1) is 21.9. The van der Waals surface area contributed by atoms with Gasteiger partial charge in [0.05, 0.1) is 6.61 Å². The van der Waals surface area contributed by atoms with Gasteiger partial charge in [-0.25, -0.2) is 0 Å². The molecular formula is C18H38N2O4Si2. The summed E-state index contributed by atoms with van der Waals surface area (Å²) in [7, 11) is -3.87. The molecule has 0 aromatic rings. The fourth-order valence-electron chi connectivity index (χ4n) is 2.53. The van der Waals surface area contributed by atoms with E-state index in [1.54, 1.807) is 0 Å². The molecule has 2 rings (SSSR count). The van der Waals surface area contributed by atoms with E-state index in [1.165, 1.54) is 0 Å². The van der Waals surface area contributed by atoms with E-state index in [9.17, 15) is 0 Å². The van der Waals surface area contributed by atoms with Crippen molar-refractivity contribution in [2.75, 3.05) is 6.61 Å². The van der Waals surface area contributed by atoms with E-state index < -0.39 is 22.9 Å². The Balaban J connectivity index is 2.16. The number of fused-ring (bicyclic) bond motifs is 1. The molecule has 2 N–H and O–H groups in total. The minimum absolute atomic E-state index is 0.0981. The third-order valence-electron chi connectivity index (χ3n) is 6.45. The van der Waals surface area contributed by atoms with Gasteiger partial charge in [-0.2, -0.15) is 4.99 Å². The molecule has 0 bridgehead atoms. The van der Waals surface area contributed by atoms with Gasteiger partial charge in [-0.05, 0) is 36.3 Å². The normalized spacial score (nSPS) is 30.2. The summed E-state index contributed by atoms with van der Waals surface area (Å²) < 4.78 is 25.0. The molecule has 152 valence electrons. The van der Waals surface area contributed by atoms with Gasteiger partial charge in [0, 0.05) is 0 Å². The van der Waals surface area contributed by atoms with Gasteiger partial charge >= 0.3 is 0 Å². The average molecular weight is 403 g/mol. The standard InChI is InChI=1S/C18H38N2O4Si2/c1-17(2,3)25(7,8)21-11-12-13(24-26(9,10)18(4,5)6)14-15(22-12)20-16(19)23-14/h12-15H,11H2,1-10H3,(H2,19,20)/t12-,13-,14+,15-/m1/s1. The van der Waals surface area contributed by atoms with Crippen LogP contribution in [0.1, 0.15) is 41.5 Å². The molecule has 2 aliphatic heterocycles. The van der Waals surface area contributed by atoms with E-state index in [0.717, 1.165) is 0 Å². The number of ether oxygens (including phenoxy) is 2. The second kappa shape index (κ2) is 6.88. The van der Waals surface area contributed by atoms with Gasteiger partial charge in [0.2, 0.25) is 0 Å². The van der Waals surface area contributed by atoms with Gasteiger partial charge < -0.3 is 24.1 Å². The van der Waals surface area contributed by atoms with E-state index in [-0.39, 0.29) is 34.4 Å². The summed E-state index contributed by atoms with van der Waals surface area (Å²) in [5, 5.41) is 0.247. The predicted octanol–water partition coefficient (Wildman–Crippen LogP) is 3.84. The number of nitrogens with two attached hydrogens (primary N) is 1. The van der Waals surface area contributed by atoms with Crippen LogP contribution in [-0.4, -0.2) is 53.8 Å². The van der Waals surface area contributed by atoms with Crippen LogP contribution in [0.4, 0.5) is 0 Å². The van der Waals surface area contributed by atoms with E-state index in [0.29, 0.717) is 6.61 Å². The van der Waals surface area contributed by atoms with Crippen LogP contribution in [0, 0.1) is 0 Å². The Morgan fingerprint density at radius 3 is 2.04 bits per heavy atom. The van der Waals surface area contributed by atoms with Crippen LogP contribution in [0.2, 0.25) is 36.3 Å². The number of hydrogen-bond donors (Lipinski definition) is 1. The molecule has 4 atom stereocenters. The van der Waals surface area contributed by atoms with Crippen LogP contribution < -0.4 is 5.73 Å². The Morgan fingerprint density at radius 1 is 1.00 bits per heavy atom. The predicted molar refractivity (Wildman–Crippen MR) is 110 cm³/mol. The first-order chi connectivity index (χ1) is 11.6. The van der Waals surface area contributed by atoms with Crippen molar-refractivity contribution < 1.29 is 18.3 Å². The van der Waals surface area contributed by atoms with E-state index in [4.69, 9.17) is 24.1 Å². The molecule has 8 heteroatoms. The molecule has 1 saturated heterocycles. The van der Waals surface area contributed by atoms with Crippen LogP contribution in [0.25, 0.3) is 0 Å². The maximum absolute atomic E-state index is 6.68. The zero-order valence-electron chi connectivity index (χ0n) is 18.2. The number of amidine groups is 1. The van der Waals surface area contributed by atoms with Crippen molar-refractivity contribution in [1.29, 1.82) is 0 Å². The summed E-state index contributed by atoms with van der Waals surface area (Å²) in [4.78, 5) is 4.28. The minimum Gasteiger partial charge on any atom is -0.454 e. The molecule has 0 spiro atoms. The lowest BCUT2D eigenvalue weighted by atomic mass is 10.1. The minimum atomic E-state index is -2.00. The Labute approximate surface area is 161 Å². The number of aliphatic imine (C=N–C) groups is 1. The number of hydrogen-bond acceptors (Lipinski definition) is 6. The van der Waals surface area contributed by atoms with Gasteiger partial charge in [0.1, 0.15) is 12.2 Å². The van der Waals surface area contributed by atoms with Crippen LogP contribution in [0.15, 0.2) is 4.99 Å². The van der Waals surface area contributed by atoms with Gasteiger partial charge in [-0.15, -0.1) is 0 Å². The lowest BCUT2D eigenvalue weighted by molar-refractivity contribution is -0.0136. The van der Waals surface area contributed by atoms with Crippen LogP contribution in [0.5, 0.6) is 0 Å². The molecule has 26 heavy (non-hydrogen) atoms. The molecule has 0 unspecified atom stereocenters. The lowest BCUT2D eigenvalue weighted by Crippen LogP contribution is -2.51. The van der Waals surface area contributed by atoms with Gasteiger partial charge in [-0.1, -0.05) is 41.5 Å². The molecule has 0 aromatic carbocycles. The molecule has 0 aromatic heterocycles. The summed E-state index contributed by atoms with van der Waals surface area (Å²) in [6.07, 6.45) is -1.07. The summed E-state index contributed by atoms with van der Waals surface area (Å²) in [6.45, 7) is 22.9. The van der Waals surface area contributed by atoms with Crippen LogP contribution >= 0.6 is 0 Å². The first-order valence-corrected chi connectivity index (χ1v) is 15.3. The quantitative estimate of drug-likeness (QED) is 0.707. The SMILES string of the molecule is CC(C)(C)[Si](C)(C)OC[C@H]1O[C@H]2N=C(N)O[C@H]2[C@@H]1O[Si](C)(C)C(C)(C)C. The van der Waals surface area contributed by atoms with Crippen molar-refractivity contribution in [3.63, 3.8) is 0 Å². The lowest BCUT2D eigenvalue weighted by Gasteiger charge is -2.41. The van der Waals surface area contributed by atoms with Crippen LogP contribution in [-0.2, 0) is 18.3 Å². The number of nitrogens with zero attached hydrogens (tertiary/aromatic N) is 1. The maximum atomic E-state index is 6.68. The summed E-state index contributed by atoms with van der Waals surface area (Å²) >= 11 is 0. The topological polar surface area (TPSA) is 75.3 Å². The third-order valence-corrected chi connectivity index (χ3v) is 15.4. The summed E-state index contributed by atoms with van der Waals surface area (Å²) in [6, 6.07) is 0.188. The monoisotopic (exact) mass is 402 g/mol. The van der Waals surface area contributed by atoms with Crippen molar-refractivity contribution in [3.05, 3.63) is 0 Å². The summed E-state index contributed by atoms with van der Waals surface area (Å²) in [5.74, 6) is 0. The first-order valence-electron chi connectivity index (χ1n) is 9.52. The number of rotatable bonds is 5. The van der Waals surface area contributed by atoms with Gasteiger partial charge in [0.15, 0.2) is 29.0 Å². The third kappa shape index (κ3) is 4.35. The highest BCUT2D eigenvalue weighted by molar-refractivity contribution is 6.74. The van der Waals surface area contributed by atoms with E-state index >= 15 is 0 Å². The van der Waals surface area contributed by atoms with Crippen molar-refractivity contribution >= 4 is 22.7 Å². The Bertz CT molecular complexity index is 552. The molecule has 0 amide bonds. The molecular weight excluding hydrogens is 364 g/mol. The largest absolute Gasteiger partial charge is 0.454 e. The van der Waals surface area contributed by atoms with Gasteiger partial charge in [0.25, 0.3) is 6.02 Å². The highest BCUT2D eigenvalue weighted by Crippen LogP contribution is 2.42. The Hall–Kier alpha value is -0.416. The highest BCUT2D eigenvalue weighted by Gasteiger charge is 2.54. The Kier molecular flexibility index (Phi) is 5.79. The van der Waals surface area contributed by atoms with E-state index in [1.807, 2.05) is 0 Å². The van der Waals surface area contributed by atoms with Crippen molar-refractivity contribution in [3.8, 4) is 0 Å². The second-order valence-corrected chi connectivity index (χ2v) is 20.1. The summed E-state index contributed by atoms with van der Waals surface area (Å²) in [5.41, 5.74) is 5.76. The van der Waals surface area contributed by atoms with Crippen molar-refractivity contribution in [2.45, 2.75) is 102 Å². The molecule has 1 fully saturated rings.